The van der Waals surface area contributed by atoms with Crippen molar-refractivity contribution in [2.45, 2.75) is 20.0 Å². The zero-order valence-electron chi connectivity index (χ0n) is 12.4. The second-order valence-electron chi connectivity index (χ2n) is 4.34. The number of carbonyl (C=O) groups excluding carboxylic acids is 1. The Morgan fingerprint density at radius 1 is 1.48 bits per heavy atom. The molecule has 0 bridgehead atoms. The van der Waals surface area contributed by atoms with Crippen LogP contribution in [-0.2, 0) is 9.53 Å². The molecule has 0 spiro atoms. The first-order valence-corrected chi connectivity index (χ1v) is 7.86. The first kappa shape index (κ1) is 17.1. The number of esters is 1. The van der Waals surface area contributed by atoms with Crippen LogP contribution in [-0.4, -0.2) is 23.1 Å². The fourth-order valence-corrected chi connectivity index (χ4v) is 2.56. The van der Waals surface area contributed by atoms with E-state index in [0.29, 0.717) is 23.2 Å². The minimum absolute atomic E-state index is 0.107. The summed E-state index contributed by atoms with van der Waals surface area (Å²) in [6.07, 6.45) is -0.738. The highest BCUT2D eigenvalue weighted by molar-refractivity contribution is 7.08. The smallest absolute Gasteiger partial charge is 0.347 e. The van der Waals surface area contributed by atoms with Gasteiger partial charge in [0.25, 0.3) is 0 Å². The van der Waals surface area contributed by atoms with Gasteiger partial charge in [-0.25, -0.2) is 4.79 Å². The molecule has 0 fully saturated rings. The number of benzene rings is 1. The summed E-state index contributed by atoms with van der Waals surface area (Å²) in [6, 6.07) is 8.62. The Hall–Kier alpha value is -2.30. The van der Waals surface area contributed by atoms with E-state index >= 15 is 0 Å². The Bertz CT molecular complexity index is 741. The monoisotopic (exact) mass is 352 g/mol. The molecule has 8 heteroatoms. The van der Waals surface area contributed by atoms with Crippen LogP contribution in [0.4, 0.5) is 0 Å². The Morgan fingerprint density at radius 3 is 2.91 bits per heavy atom. The summed E-state index contributed by atoms with van der Waals surface area (Å²) in [5.74, 6) is 0.437. The van der Waals surface area contributed by atoms with Crippen molar-refractivity contribution in [3.8, 4) is 22.6 Å². The number of hydrogen-bond donors (Lipinski definition) is 0. The zero-order chi connectivity index (χ0) is 16.8. The van der Waals surface area contributed by atoms with E-state index in [1.807, 2.05) is 6.07 Å². The van der Waals surface area contributed by atoms with Crippen LogP contribution >= 0.6 is 23.1 Å². The quantitative estimate of drug-likeness (QED) is 0.735. The molecular weight excluding hydrogens is 340 g/mol. The second-order valence-corrected chi connectivity index (χ2v) is 5.43. The van der Waals surface area contributed by atoms with Crippen LogP contribution in [0.2, 0.25) is 5.15 Å². The van der Waals surface area contributed by atoms with Crippen LogP contribution in [0.1, 0.15) is 19.4 Å². The third-order valence-electron chi connectivity index (χ3n) is 2.68. The summed E-state index contributed by atoms with van der Waals surface area (Å²) < 4.78 is 19.9. The third kappa shape index (κ3) is 4.34. The van der Waals surface area contributed by atoms with Gasteiger partial charge in [0.05, 0.1) is 6.61 Å². The third-order valence-corrected chi connectivity index (χ3v) is 3.78. The average Bonchev–Trinajstić information content (AvgIpc) is 2.87. The van der Waals surface area contributed by atoms with Crippen LogP contribution in [0.15, 0.2) is 24.3 Å². The number of rotatable bonds is 6. The zero-order valence-corrected chi connectivity index (χ0v) is 14.0. The fraction of sp³-hybridized carbons (Fsp3) is 0.267. The molecule has 0 aliphatic rings. The van der Waals surface area contributed by atoms with E-state index in [9.17, 15) is 4.79 Å². The van der Waals surface area contributed by atoms with Crippen molar-refractivity contribution in [2.75, 3.05) is 6.61 Å². The van der Waals surface area contributed by atoms with Gasteiger partial charge in [0.2, 0.25) is 5.06 Å². The minimum Gasteiger partial charge on any atom is -0.479 e. The highest BCUT2D eigenvalue weighted by Crippen LogP contribution is 2.34. The Balaban J connectivity index is 2.11. The molecule has 6 nitrogen and oxygen atoms in total. The fourth-order valence-electron chi connectivity index (χ4n) is 1.65. The SMILES string of the molecule is CCOC(=O)C(C)Oc1cccc(Oc2snc(Cl)c2C#N)c1. The Morgan fingerprint density at radius 2 is 2.22 bits per heavy atom. The van der Waals surface area contributed by atoms with E-state index in [1.54, 1.807) is 38.1 Å². The molecule has 0 aliphatic carbocycles. The van der Waals surface area contributed by atoms with Crippen molar-refractivity contribution in [2.24, 2.45) is 0 Å². The standard InChI is InChI=1S/C15H13ClN2O4S/c1-3-20-14(19)9(2)21-10-5-4-6-11(7-10)22-15-12(8-17)13(16)18-23-15/h4-7,9H,3H2,1-2H3. The summed E-state index contributed by atoms with van der Waals surface area (Å²) >= 11 is 6.78. The van der Waals surface area contributed by atoms with Crippen LogP contribution in [0, 0.1) is 11.3 Å². The lowest BCUT2D eigenvalue weighted by Crippen LogP contribution is -2.26. The van der Waals surface area contributed by atoms with Gasteiger partial charge in [-0.05, 0) is 26.0 Å². The highest BCUT2D eigenvalue weighted by Gasteiger charge is 2.17. The van der Waals surface area contributed by atoms with Crippen molar-refractivity contribution >= 4 is 29.1 Å². The number of hydrogen-bond acceptors (Lipinski definition) is 7. The summed E-state index contributed by atoms with van der Waals surface area (Å²) in [4.78, 5) is 11.6. The first-order valence-electron chi connectivity index (χ1n) is 6.71. The van der Waals surface area contributed by atoms with Crippen LogP contribution in [0.3, 0.4) is 0 Å². The van der Waals surface area contributed by atoms with Gasteiger partial charge in [-0.2, -0.15) is 9.64 Å². The van der Waals surface area contributed by atoms with Gasteiger partial charge in [0.15, 0.2) is 11.3 Å². The summed E-state index contributed by atoms with van der Waals surface area (Å²) in [5.41, 5.74) is 0.183. The average molecular weight is 353 g/mol. The molecule has 1 unspecified atom stereocenters. The van der Waals surface area contributed by atoms with E-state index < -0.39 is 12.1 Å². The van der Waals surface area contributed by atoms with E-state index in [1.165, 1.54) is 0 Å². The molecule has 0 aliphatic heterocycles. The molecule has 0 N–H and O–H groups in total. The molecule has 0 amide bonds. The van der Waals surface area contributed by atoms with Gasteiger partial charge >= 0.3 is 5.97 Å². The molecule has 23 heavy (non-hydrogen) atoms. The normalized spacial score (nSPS) is 11.4. The van der Waals surface area contributed by atoms with Gasteiger partial charge < -0.3 is 14.2 Å². The number of nitriles is 1. The molecule has 0 saturated carbocycles. The minimum atomic E-state index is -0.738. The lowest BCUT2D eigenvalue weighted by Gasteiger charge is -2.14. The summed E-state index contributed by atoms with van der Waals surface area (Å²) in [5, 5.41) is 9.43. The molecular formula is C15H13ClN2O4S. The molecule has 2 aromatic rings. The number of ether oxygens (including phenoxy) is 3. The predicted molar refractivity (Wildman–Crippen MR) is 85.1 cm³/mol. The number of nitrogens with zero attached hydrogens (tertiary/aromatic N) is 2. The van der Waals surface area contributed by atoms with Crippen LogP contribution in [0.25, 0.3) is 0 Å². The van der Waals surface area contributed by atoms with Crippen molar-refractivity contribution in [1.82, 2.24) is 4.37 Å². The molecule has 0 radical (unpaired) electrons. The topological polar surface area (TPSA) is 81.4 Å². The van der Waals surface area contributed by atoms with Crippen molar-refractivity contribution in [1.29, 1.82) is 5.26 Å². The van der Waals surface area contributed by atoms with E-state index in [0.717, 1.165) is 11.5 Å². The van der Waals surface area contributed by atoms with Gasteiger partial charge in [0, 0.05) is 17.6 Å². The van der Waals surface area contributed by atoms with Crippen molar-refractivity contribution in [3.63, 3.8) is 0 Å². The lowest BCUT2D eigenvalue weighted by molar-refractivity contribution is -0.150. The number of carbonyl (C=O) groups is 1. The van der Waals surface area contributed by atoms with Crippen LogP contribution in [0.5, 0.6) is 16.6 Å². The maximum absolute atomic E-state index is 11.6. The summed E-state index contributed by atoms with van der Waals surface area (Å²) in [6.45, 7) is 3.62. The van der Waals surface area contributed by atoms with Crippen LogP contribution < -0.4 is 9.47 Å². The lowest BCUT2D eigenvalue weighted by atomic mass is 10.3. The predicted octanol–water partition coefficient (Wildman–Crippen LogP) is 3.79. The maximum atomic E-state index is 11.6. The van der Waals surface area contributed by atoms with E-state index in [-0.39, 0.29) is 10.7 Å². The van der Waals surface area contributed by atoms with E-state index in [2.05, 4.69) is 4.37 Å². The van der Waals surface area contributed by atoms with Gasteiger partial charge in [-0.1, -0.05) is 17.7 Å². The maximum Gasteiger partial charge on any atom is 0.347 e. The largest absolute Gasteiger partial charge is 0.479 e. The second kappa shape index (κ2) is 7.81. The summed E-state index contributed by atoms with van der Waals surface area (Å²) in [7, 11) is 0. The molecule has 1 atom stereocenters. The number of aromatic nitrogens is 1. The van der Waals surface area contributed by atoms with Crippen molar-refractivity contribution in [3.05, 3.63) is 35.0 Å². The molecule has 0 saturated heterocycles. The number of halogens is 1. The molecule has 2 rings (SSSR count). The molecule has 120 valence electrons. The molecule has 1 aromatic heterocycles. The van der Waals surface area contributed by atoms with Gasteiger partial charge in [0.1, 0.15) is 23.1 Å². The van der Waals surface area contributed by atoms with E-state index in [4.69, 9.17) is 31.1 Å². The Kier molecular flexibility index (Phi) is 5.79. The highest BCUT2D eigenvalue weighted by atomic mass is 35.5. The Labute approximate surface area is 142 Å². The van der Waals surface area contributed by atoms with Gasteiger partial charge in [-0.3, -0.25) is 0 Å². The molecule has 1 heterocycles. The van der Waals surface area contributed by atoms with Gasteiger partial charge in [-0.15, -0.1) is 0 Å². The molecule has 1 aromatic carbocycles. The van der Waals surface area contributed by atoms with Crippen molar-refractivity contribution < 1.29 is 19.0 Å². The first-order chi connectivity index (χ1) is 11.0.